The minimum absolute atomic E-state index is 0.138. The molecule has 1 aliphatic carbocycles. The molecule has 0 bridgehead atoms. The van der Waals surface area contributed by atoms with Gasteiger partial charge in [-0.3, -0.25) is 0 Å². The first-order chi connectivity index (χ1) is 9.67. The zero-order valence-corrected chi connectivity index (χ0v) is 14.0. The van der Waals surface area contributed by atoms with Crippen LogP contribution in [-0.4, -0.2) is 18.2 Å². The maximum absolute atomic E-state index is 6.15. The summed E-state index contributed by atoms with van der Waals surface area (Å²) in [6.07, 6.45) is 8.63. The summed E-state index contributed by atoms with van der Waals surface area (Å²) in [5.74, 6) is 0. The van der Waals surface area contributed by atoms with Gasteiger partial charge in [0.25, 0.3) is 0 Å². The number of benzene rings is 1. The van der Waals surface area contributed by atoms with Gasteiger partial charge in [-0.05, 0) is 59.8 Å². The third-order valence-electron chi connectivity index (χ3n) is 4.55. The van der Waals surface area contributed by atoms with E-state index in [-0.39, 0.29) is 5.60 Å². The summed E-state index contributed by atoms with van der Waals surface area (Å²) in [5.41, 5.74) is 1.23. The lowest BCUT2D eigenvalue weighted by atomic mass is 9.78. The van der Waals surface area contributed by atoms with Gasteiger partial charge in [-0.15, -0.1) is 0 Å². The fourth-order valence-electron chi connectivity index (χ4n) is 3.52. The molecular formula is C16H21BrClNO. The Labute approximate surface area is 134 Å². The first kappa shape index (κ1) is 14.7. The Balaban J connectivity index is 1.69. The Morgan fingerprint density at radius 3 is 2.85 bits per heavy atom. The monoisotopic (exact) mass is 357 g/mol. The maximum atomic E-state index is 6.15. The van der Waals surface area contributed by atoms with Crippen molar-refractivity contribution in [1.82, 2.24) is 0 Å². The fraction of sp³-hybridized carbons (Fsp3) is 0.625. The summed E-state index contributed by atoms with van der Waals surface area (Å²) >= 11 is 9.68. The van der Waals surface area contributed by atoms with Crippen molar-refractivity contribution in [1.29, 1.82) is 0 Å². The van der Waals surface area contributed by atoms with Crippen molar-refractivity contribution in [3.8, 4) is 0 Å². The van der Waals surface area contributed by atoms with E-state index in [0.717, 1.165) is 34.6 Å². The van der Waals surface area contributed by atoms with Crippen LogP contribution < -0.4 is 5.32 Å². The van der Waals surface area contributed by atoms with Gasteiger partial charge in [-0.2, -0.15) is 0 Å². The average molecular weight is 359 g/mol. The van der Waals surface area contributed by atoms with E-state index in [2.05, 4.69) is 21.2 Å². The zero-order chi connectivity index (χ0) is 14.0. The quantitative estimate of drug-likeness (QED) is 0.764. The van der Waals surface area contributed by atoms with E-state index in [9.17, 15) is 0 Å². The molecule has 2 aliphatic rings. The Kier molecular flexibility index (Phi) is 4.58. The minimum atomic E-state index is 0.138. The normalized spacial score (nSPS) is 25.6. The highest BCUT2D eigenvalue weighted by Gasteiger charge is 2.38. The smallest absolute Gasteiger partial charge is 0.0702 e. The van der Waals surface area contributed by atoms with Crippen LogP contribution in [0.4, 0.5) is 5.69 Å². The van der Waals surface area contributed by atoms with Crippen molar-refractivity contribution in [3.05, 3.63) is 27.7 Å². The highest BCUT2D eigenvalue weighted by Crippen LogP contribution is 2.39. The van der Waals surface area contributed by atoms with Crippen LogP contribution in [-0.2, 0) is 4.74 Å². The Hall–Kier alpha value is -0.250. The molecular weight excluding hydrogens is 338 g/mol. The molecule has 1 heterocycles. The Morgan fingerprint density at radius 1 is 1.25 bits per heavy atom. The van der Waals surface area contributed by atoms with Crippen LogP contribution in [0.2, 0.25) is 5.02 Å². The summed E-state index contributed by atoms with van der Waals surface area (Å²) in [7, 11) is 0. The molecule has 0 amide bonds. The molecule has 1 aromatic rings. The second-order valence-electron chi connectivity index (χ2n) is 6.05. The van der Waals surface area contributed by atoms with Crippen molar-refractivity contribution >= 4 is 33.2 Å². The van der Waals surface area contributed by atoms with Gasteiger partial charge in [-0.1, -0.05) is 30.9 Å². The molecule has 1 spiro atoms. The molecule has 0 radical (unpaired) electrons. The summed E-state index contributed by atoms with van der Waals surface area (Å²) in [6, 6.07) is 6.38. The van der Waals surface area contributed by atoms with Gasteiger partial charge in [0.15, 0.2) is 0 Å². The van der Waals surface area contributed by atoms with E-state index in [1.54, 1.807) is 0 Å². The summed E-state index contributed by atoms with van der Waals surface area (Å²) in [6.45, 7) is 0.871. The van der Waals surface area contributed by atoms with Crippen molar-refractivity contribution in [2.45, 2.75) is 56.6 Å². The molecule has 3 rings (SSSR count). The Bertz CT molecular complexity index is 468. The van der Waals surface area contributed by atoms with E-state index >= 15 is 0 Å². The molecule has 4 heteroatoms. The molecule has 1 aromatic carbocycles. The molecule has 2 fully saturated rings. The first-order valence-corrected chi connectivity index (χ1v) is 8.70. The first-order valence-electron chi connectivity index (χ1n) is 7.52. The van der Waals surface area contributed by atoms with Crippen molar-refractivity contribution in [2.24, 2.45) is 0 Å². The highest BCUT2D eigenvalue weighted by molar-refractivity contribution is 9.10. The summed E-state index contributed by atoms with van der Waals surface area (Å²) in [5, 5.41) is 4.42. The van der Waals surface area contributed by atoms with E-state index in [0.29, 0.717) is 6.04 Å². The lowest BCUT2D eigenvalue weighted by Crippen LogP contribution is -2.45. The van der Waals surface area contributed by atoms with Crippen molar-refractivity contribution < 1.29 is 4.74 Å². The standard InChI is InChI=1S/C16H21BrClNO/c17-14-5-4-12(18)10-15(14)19-13-6-9-20-16(11-13)7-2-1-3-8-16/h4-5,10,13,19H,1-3,6-9,11H2. The van der Waals surface area contributed by atoms with Gasteiger partial charge in [0, 0.05) is 22.1 Å². The molecule has 1 atom stereocenters. The van der Waals surface area contributed by atoms with E-state index in [1.807, 2.05) is 18.2 Å². The van der Waals surface area contributed by atoms with E-state index in [4.69, 9.17) is 16.3 Å². The second-order valence-corrected chi connectivity index (χ2v) is 7.34. The largest absolute Gasteiger partial charge is 0.381 e. The van der Waals surface area contributed by atoms with Gasteiger partial charge in [0.05, 0.1) is 11.3 Å². The number of rotatable bonds is 2. The van der Waals surface area contributed by atoms with Gasteiger partial charge >= 0.3 is 0 Å². The fourth-order valence-corrected chi connectivity index (χ4v) is 4.06. The molecule has 1 aliphatic heterocycles. The molecule has 1 saturated heterocycles. The van der Waals surface area contributed by atoms with Crippen LogP contribution in [0.3, 0.4) is 0 Å². The minimum Gasteiger partial charge on any atom is -0.381 e. The Morgan fingerprint density at radius 2 is 2.05 bits per heavy atom. The zero-order valence-electron chi connectivity index (χ0n) is 11.6. The van der Waals surface area contributed by atoms with E-state index in [1.165, 1.54) is 32.1 Å². The van der Waals surface area contributed by atoms with E-state index < -0.39 is 0 Å². The summed E-state index contributed by atoms with van der Waals surface area (Å²) < 4.78 is 7.23. The molecule has 20 heavy (non-hydrogen) atoms. The van der Waals surface area contributed by atoms with Gasteiger partial charge in [-0.25, -0.2) is 0 Å². The van der Waals surface area contributed by atoms with Crippen LogP contribution in [0.15, 0.2) is 22.7 Å². The number of ether oxygens (including phenoxy) is 1. The van der Waals surface area contributed by atoms with Crippen molar-refractivity contribution in [2.75, 3.05) is 11.9 Å². The molecule has 0 aromatic heterocycles. The SMILES string of the molecule is Clc1ccc(Br)c(NC2CCOC3(CCCCC3)C2)c1. The third kappa shape index (κ3) is 3.32. The third-order valence-corrected chi connectivity index (χ3v) is 5.47. The lowest BCUT2D eigenvalue weighted by Gasteiger charge is -2.44. The number of nitrogens with one attached hydrogen (secondary N) is 1. The van der Waals surface area contributed by atoms with Crippen LogP contribution in [0.25, 0.3) is 0 Å². The van der Waals surface area contributed by atoms with Gasteiger partial charge in [0.1, 0.15) is 0 Å². The molecule has 2 nitrogen and oxygen atoms in total. The molecule has 1 unspecified atom stereocenters. The van der Waals surface area contributed by atoms with Crippen LogP contribution in [0.5, 0.6) is 0 Å². The van der Waals surface area contributed by atoms with Gasteiger partial charge in [0.2, 0.25) is 0 Å². The highest BCUT2D eigenvalue weighted by atomic mass is 79.9. The maximum Gasteiger partial charge on any atom is 0.0702 e. The lowest BCUT2D eigenvalue weighted by molar-refractivity contribution is -0.103. The molecule has 1 saturated carbocycles. The molecule has 110 valence electrons. The van der Waals surface area contributed by atoms with Crippen molar-refractivity contribution in [3.63, 3.8) is 0 Å². The predicted molar refractivity (Wildman–Crippen MR) is 87.6 cm³/mol. The van der Waals surface area contributed by atoms with Crippen LogP contribution >= 0.6 is 27.5 Å². The summed E-state index contributed by atoms with van der Waals surface area (Å²) in [4.78, 5) is 0. The average Bonchev–Trinajstić information content (AvgIpc) is 2.44. The molecule has 1 N–H and O–H groups in total. The van der Waals surface area contributed by atoms with Crippen LogP contribution in [0.1, 0.15) is 44.9 Å². The van der Waals surface area contributed by atoms with Crippen LogP contribution in [0, 0.1) is 0 Å². The number of hydrogen-bond acceptors (Lipinski definition) is 2. The second kappa shape index (κ2) is 6.25. The van der Waals surface area contributed by atoms with Gasteiger partial charge < -0.3 is 10.1 Å². The topological polar surface area (TPSA) is 21.3 Å². The predicted octanol–water partition coefficient (Wildman–Crippen LogP) is 5.40. The number of hydrogen-bond donors (Lipinski definition) is 1. The number of anilines is 1. The number of halogens is 2.